The lowest BCUT2D eigenvalue weighted by Crippen LogP contribution is -2.48. The number of hydrogen-bond acceptors (Lipinski definition) is 4. The summed E-state index contributed by atoms with van der Waals surface area (Å²) >= 11 is 0. The molecule has 9 heteroatoms. The predicted molar refractivity (Wildman–Crippen MR) is 66.0 cm³/mol. The van der Waals surface area contributed by atoms with Crippen molar-refractivity contribution < 1.29 is 22.4 Å². The van der Waals surface area contributed by atoms with Crippen molar-refractivity contribution >= 4 is 21.8 Å². The molecular formula is C11H12FN3O4S. The second-order valence-electron chi connectivity index (χ2n) is 4.24. The lowest BCUT2D eigenvalue weighted by atomic mass is 10.4. The van der Waals surface area contributed by atoms with E-state index >= 15 is 0 Å². The molecule has 2 rings (SSSR count). The van der Waals surface area contributed by atoms with Gasteiger partial charge in [-0.15, -0.1) is 4.83 Å². The number of nitrogens with one attached hydrogen (secondary N) is 3. The first-order valence-electron chi connectivity index (χ1n) is 5.77. The van der Waals surface area contributed by atoms with Crippen LogP contribution in [0.1, 0.15) is 12.8 Å². The zero-order valence-corrected chi connectivity index (χ0v) is 11.0. The van der Waals surface area contributed by atoms with Crippen LogP contribution < -0.4 is 15.6 Å². The zero-order chi connectivity index (χ0) is 14.8. The van der Waals surface area contributed by atoms with Crippen molar-refractivity contribution in [2.45, 2.75) is 23.8 Å². The first-order valence-corrected chi connectivity index (χ1v) is 7.25. The van der Waals surface area contributed by atoms with Crippen molar-refractivity contribution in [1.82, 2.24) is 15.6 Å². The number of carbonyl (C=O) groups is 2. The molecule has 1 saturated carbocycles. The third kappa shape index (κ3) is 3.52. The first-order chi connectivity index (χ1) is 9.40. The van der Waals surface area contributed by atoms with E-state index in [1.807, 2.05) is 0 Å². The number of halogens is 1. The van der Waals surface area contributed by atoms with Crippen LogP contribution in [0.15, 0.2) is 29.2 Å². The van der Waals surface area contributed by atoms with Gasteiger partial charge >= 0.3 is 11.8 Å². The average molecular weight is 301 g/mol. The number of carbonyl (C=O) groups excluding carboxylic acids is 2. The predicted octanol–water partition coefficient (Wildman–Crippen LogP) is -0.586. The summed E-state index contributed by atoms with van der Waals surface area (Å²) in [7, 11) is -4.27. The lowest BCUT2D eigenvalue weighted by molar-refractivity contribution is -0.139. The maximum absolute atomic E-state index is 13.3. The van der Waals surface area contributed by atoms with E-state index in [1.54, 1.807) is 10.3 Å². The first kappa shape index (κ1) is 14.4. The molecule has 3 N–H and O–H groups in total. The maximum atomic E-state index is 13.3. The van der Waals surface area contributed by atoms with Gasteiger partial charge < -0.3 is 5.32 Å². The molecule has 0 aliphatic heterocycles. The molecule has 0 radical (unpaired) electrons. The second-order valence-corrected chi connectivity index (χ2v) is 5.89. The molecule has 7 nitrogen and oxygen atoms in total. The number of amides is 2. The minimum Gasteiger partial charge on any atom is -0.345 e. The Morgan fingerprint density at radius 2 is 1.80 bits per heavy atom. The van der Waals surface area contributed by atoms with E-state index in [1.165, 1.54) is 12.1 Å². The maximum Gasteiger partial charge on any atom is 0.324 e. The highest BCUT2D eigenvalue weighted by molar-refractivity contribution is 7.89. The largest absolute Gasteiger partial charge is 0.345 e. The van der Waals surface area contributed by atoms with Crippen molar-refractivity contribution in [3.63, 3.8) is 0 Å². The summed E-state index contributed by atoms with van der Waals surface area (Å²) in [6.45, 7) is 0. The minimum absolute atomic E-state index is 0.0311. The van der Waals surface area contributed by atoms with Crippen molar-refractivity contribution in [2.75, 3.05) is 0 Å². The van der Waals surface area contributed by atoms with Gasteiger partial charge in [0.15, 0.2) is 0 Å². The van der Waals surface area contributed by atoms with Gasteiger partial charge in [0.25, 0.3) is 10.0 Å². The molecule has 0 unspecified atom stereocenters. The molecule has 20 heavy (non-hydrogen) atoms. The number of benzene rings is 1. The van der Waals surface area contributed by atoms with Gasteiger partial charge in [-0.1, -0.05) is 12.1 Å². The smallest absolute Gasteiger partial charge is 0.324 e. The summed E-state index contributed by atoms with van der Waals surface area (Å²) in [5.41, 5.74) is 1.73. The van der Waals surface area contributed by atoms with Gasteiger partial charge in [-0.05, 0) is 25.0 Å². The topological polar surface area (TPSA) is 104 Å². The number of hydrazine groups is 1. The molecule has 0 atom stereocenters. The standard InChI is InChI=1S/C11H12FN3O4S/c12-8-3-1-2-4-9(8)20(18,19)15-14-11(17)10(16)13-7-5-6-7/h1-4,7,15H,5-6H2,(H,13,16)(H,14,17). The normalized spacial score (nSPS) is 14.7. The van der Waals surface area contributed by atoms with Crippen LogP contribution in [0, 0.1) is 5.82 Å². The van der Waals surface area contributed by atoms with Crippen molar-refractivity contribution in [1.29, 1.82) is 0 Å². The summed E-state index contributed by atoms with van der Waals surface area (Å²) in [6.07, 6.45) is 1.58. The van der Waals surface area contributed by atoms with E-state index < -0.39 is 32.6 Å². The summed E-state index contributed by atoms with van der Waals surface area (Å²) in [4.78, 5) is 23.6. The molecule has 2 amide bonds. The monoisotopic (exact) mass is 301 g/mol. The molecule has 1 aromatic carbocycles. The zero-order valence-electron chi connectivity index (χ0n) is 10.2. The molecule has 0 aromatic heterocycles. The fourth-order valence-electron chi connectivity index (χ4n) is 1.37. The summed E-state index contributed by atoms with van der Waals surface area (Å²) in [5.74, 6) is -3.06. The molecule has 0 saturated heterocycles. The van der Waals surface area contributed by atoms with Crippen molar-refractivity contribution in [2.24, 2.45) is 0 Å². The number of rotatable bonds is 4. The second kappa shape index (κ2) is 5.55. The van der Waals surface area contributed by atoms with E-state index in [0.29, 0.717) is 0 Å². The van der Waals surface area contributed by atoms with Gasteiger partial charge in [0.2, 0.25) is 0 Å². The van der Waals surface area contributed by atoms with Crippen LogP contribution in [-0.2, 0) is 19.6 Å². The SMILES string of the molecule is O=C(NNS(=O)(=O)c1ccccc1F)C(=O)NC1CC1. The molecule has 1 aliphatic carbocycles. The molecule has 1 fully saturated rings. The molecule has 1 aliphatic rings. The van der Waals surface area contributed by atoms with Crippen molar-refractivity contribution in [3.05, 3.63) is 30.1 Å². The van der Waals surface area contributed by atoms with E-state index in [4.69, 9.17) is 0 Å². The Balaban J connectivity index is 1.97. The van der Waals surface area contributed by atoms with Crippen LogP contribution in [0.25, 0.3) is 0 Å². The Morgan fingerprint density at radius 1 is 1.15 bits per heavy atom. The Morgan fingerprint density at radius 3 is 2.40 bits per heavy atom. The summed E-state index contributed by atoms with van der Waals surface area (Å²) in [6, 6.07) is 4.64. The Labute approximate surface area is 114 Å². The highest BCUT2D eigenvalue weighted by Crippen LogP contribution is 2.18. The van der Waals surface area contributed by atoms with E-state index in [2.05, 4.69) is 5.32 Å². The third-order valence-corrected chi connectivity index (χ3v) is 3.82. The van der Waals surface area contributed by atoms with Gasteiger partial charge in [-0.25, -0.2) is 12.8 Å². The molecule has 0 bridgehead atoms. The quantitative estimate of drug-likeness (QED) is 0.511. The molecule has 1 aromatic rings. The van der Waals surface area contributed by atoms with Gasteiger partial charge in [0.05, 0.1) is 0 Å². The van der Waals surface area contributed by atoms with E-state index in [-0.39, 0.29) is 6.04 Å². The molecule has 0 heterocycles. The lowest BCUT2D eigenvalue weighted by Gasteiger charge is -2.08. The van der Waals surface area contributed by atoms with Gasteiger partial charge in [0.1, 0.15) is 10.7 Å². The molecular weight excluding hydrogens is 289 g/mol. The van der Waals surface area contributed by atoms with E-state index in [0.717, 1.165) is 25.0 Å². The highest BCUT2D eigenvalue weighted by Gasteiger charge is 2.27. The van der Waals surface area contributed by atoms with Crippen LogP contribution in [0.2, 0.25) is 0 Å². The highest BCUT2D eigenvalue weighted by atomic mass is 32.2. The van der Waals surface area contributed by atoms with Crippen LogP contribution in [0.5, 0.6) is 0 Å². The molecule has 108 valence electrons. The van der Waals surface area contributed by atoms with Crippen LogP contribution in [0.4, 0.5) is 4.39 Å². The van der Waals surface area contributed by atoms with Gasteiger partial charge in [0, 0.05) is 6.04 Å². The van der Waals surface area contributed by atoms with Crippen LogP contribution in [0.3, 0.4) is 0 Å². The average Bonchev–Trinajstić information content (AvgIpc) is 3.20. The fourth-order valence-corrected chi connectivity index (χ4v) is 2.29. The fraction of sp³-hybridized carbons (Fsp3) is 0.273. The van der Waals surface area contributed by atoms with Crippen LogP contribution in [-0.4, -0.2) is 26.3 Å². The third-order valence-electron chi connectivity index (χ3n) is 2.54. The number of sulfonamides is 1. The Hall–Kier alpha value is -2.00. The van der Waals surface area contributed by atoms with E-state index in [9.17, 15) is 22.4 Å². The van der Waals surface area contributed by atoms with Gasteiger partial charge in [-0.2, -0.15) is 0 Å². The summed E-state index contributed by atoms with van der Waals surface area (Å²) in [5, 5.41) is 2.38. The van der Waals surface area contributed by atoms with Gasteiger partial charge in [-0.3, -0.25) is 15.0 Å². The number of hydrogen-bond donors (Lipinski definition) is 3. The Bertz CT molecular complexity index is 643. The Kier molecular flexibility index (Phi) is 4.00. The van der Waals surface area contributed by atoms with Crippen LogP contribution >= 0.6 is 0 Å². The molecule has 0 spiro atoms. The van der Waals surface area contributed by atoms with Crippen molar-refractivity contribution in [3.8, 4) is 0 Å². The summed E-state index contributed by atoms with van der Waals surface area (Å²) < 4.78 is 36.8. The minimum atomic E-state index is -4.27.